The number of hydrogen-bond acceptors (Lipinski definition) is 5. The Morgan fingerprint density at radius 3 is 2.55 bits per heavy atom. The lowest BCUT2D eigenvalue weighted by Gasteiger charge is -2.12. The molecular weight excluding hydrogens is 432 g/mol. The molecule has 0 bridgehead atoms. The third-order valence-electron chi connectivity index (χ3n) is 4.49. The minimum Gasteiger partial charge on any atom is -0.493 e. The summed E-state index contributed by atoms with van der Waals surface area (Å²) in [5, 5.41) is 5.99. The molecule has 0 spiro atoms. The first-order chi connectivity index (χ1) is 15.1. The van der Waals surface area contributed by atoms with Crippen LogP contribution in [0.25, 0.3) is 10.6 Å². The fourth-order valence-corrected chi connectivity index (χ4v) is 3.81. The van der Waals surface area contributed by atoms with Crippen LogP contribution in [0.5, 0.6) is 11.5 Å². The van der Waals surface area contributed by atoms with Gasteiger partial charge in [0.15, 0.2) is 11.5 Å². The number of amides is 1. The SMILES string of the molecule is COc1cc(-c2nc(C(=O)Nc3ccccc3)cs2)ccc1OCc1ccc(Cl)cc1. The van der Waals surface area contributed by atoms with E-state index in [9.17, 15) is 4.79 Å². The molecule has 1 N–H and O–H groups in total. The summed E-state index contributed by atoms with van der Waals surface area (Å²) in [5.74, 6) is 0.973. The van der Waals surface area contributed by atoms with Gasteiger partial charge in [0, 0.05) is 21.7 Å². The molecule has 3 aromatic carbocycles. The zero-order valence-electron chi connectivity index (χ0n) is 16.7. The van der Waals surface area contributed by atoms with Crippen LogP contribution in [0, 0.1) is 0 Å². The molecule has 0 unspecified atom stereocenters. The predicted octanol–water partition coefficient (Wildman–Crippen LogP) is 6.30. The smallest absolute Gasteiger partial charge is 0.275 e. The van der Waals surface area contributed by atoms with Gasteiger partial charge in [0.1, 0.15) is 17.3 Å². The lowest BCUT2D eigenvalue weighted by atomic mass is 10.2. The van der Waals surface area contributed by atoms with Crippen molar-refractivity contribution in [1.82, 2.24) is 4.98 Å². The number of benzene rings is 3. The van der Waals surface area contributed by atoms with Crippen LogP contribution in [0.4, 0.5) is 5.69 Å². The molecule has 1 aromatic heterocycles. The van der Waals surface area contributed by atoms with Crippen LogP contribution in [-0.2, 0) is 6.61 Å². The lowest BCUT2D eigenvalue weighted by Crippen LogP contribution is -2.12. The van der Waals surface area contributed by atoms with E-state index in [-0.39, 0.29) is 5.91 Å². The Kier molecular flexibility index (Phi) is 6.50. The van der Waals surface area contributed by atoms with E-state index in [2.05, 4.69) is 10.3 Å². The normalized spacial score (nSPS) is 10.5. The number of para-hydroxylation sites is 1. The van der Waals surface area contributed by atoms with Gasteiger partial charge in [0.25, 0.3) is 5.91 Å². The van der Waals surface area contributed by atoms with E-state index < -0.39 is 0 Å². The molecule has 31 heavy (non-hydrogen) atoms. The minimum absolute atomic E-state index is 0.247. The number of nitrogens with one attached hydrogen (secondary N) is 1. The highest BCUT2D eigenvalue weighted by atomic mass is 35.5. The van der Waals surface area contributed by atoms with E-state index in [1.54, 1.807) is 12.5 Å². The second kappa shape index (κ2) is 9.64. The molecule has 4 aromatic rings. The zero-order chi connectivity index (χ0) is 21.6. The highest BCUT2D eigenvalue weighted by Crippen LogP contribution is 2.34. The topological polar surface area (TPSA) is 60.5 Å². The number of anilines is 1. The average molecular weight is 451 g/mol. The second-order valence-electron chi connectivity index (χ2n) is 6.64. The molecule has 0 saturated carbocycles. The molecule has 4 rings (SSSR count). The Balaban J connectivity index is 1.47. The van der Waals surface area contributed by atoms with E-state index in [0.29, 0.717) is 28.8 Å². The number of aromatic nitrogens is 1. The summed E-state index contributed by atoms with van der Waals surface area (Å²) in [4.78, 5) is 16.9. The first-order valence-corrected chi connectivity index (χ1v) is 10.8. The van der Waals surface area contributed by atoms with Crippen molar-refractivity contribution >= 4 is 34.5 Å². The molecular formula is C24H19ClN2O3S. The van der Waals surface area contributed by atoms with E-state index in [1.165, 1.54) is 11.3 Å². The van der Waals surface area contributed by atoms with Gasteiger partial charge >= 0.3 is 0 Å². The number of hydrogen-bond donors (Lipinski definition) is 1. The van der Waals surface area contributed by atoms with Gasteiger partial charge in [-0.25, -0.2) is 4.98 Å². The van der Waals surface area contributed by atoms with Gasteiger partial charge in [-0.1, -0.05) is 41.9 Å². The van der Waals surface area contributed by atoms with E-state index in [0.717, 1.165) is 21.8 Å². The summed E-state index contributed by atoms with van der Waals surface area (Å²) >= 11 is 7.32. The Hall–Kier alpha value is -3.35. The van der Waals surface area contributed by atoms with Crippen molar-refractivity contribution in [3.63, 3.8) is 0 Å². The number of nitrogens with zero attached hydrogens (tertiary/aromatic N) is 1. The number of rotatable bonds is 7. The van der Waals surface area contributed by atoms with Crippen LogP contribution in [0.2, 0.25) is 5.02 Å². The number of methoxy groups -OCH3 is 1. The maximum Gasteiger partial charge on any atom is 0.275 e. The quantitative estimate of drug-likeness (QED) is 0.358. The molecule has 0 fully saturated rings. The monoisotopic (exact) mass is 450 g/mol. The number of halogens is 1. The first-order valence-electron chi connectivity index (χ1n) is 9.50. The summed E-state index contributed by atoms with van der Waals surface area (Å²) < 4.78 is 11.4. The molecule has 0 saturated heterocycles. The molecule has 7 heteroatoms. The first kappa shape index (κ1) is 20.9. The lowest BCUT2D eigenvalue weighted by molar-refractivity contribution is 0.102. The summed E-state index contributed by atoms with van der Waals surface area (Å²) in [6, 6.07) is 22.4. The van der Waals surface area contributed by atoms with Gasteiger partial charge < -0.3 is 14.8 Å². The van der Waals surface area contributed by atoms with Crippen LogP contribution in [-0.4, -0.2) is 18.0 Å². The Bertz CT molecular complexity index is 1180. The average Bonchev–Trinajstić information content (AvgIpc) is 3.30. The van der Waals surface area contributed by atoms with Crippen molar-refractivity contribution in [3.8, 4) is 22.1 Å². The van der Waals surface area contributed by atoms with E-state index in [4.69, 9.17) is 21.1 Å². The second-order valence-corrected chi connectivity index (χ2v) is 7.93. The van der Waals surface area contributed by atoms with Gasteiger partial charge in [0.2, 0.25) is 0 Å². The minimum atomic E-state index is -0.247. The molecule has 0 aliphatic heterocycles. The third kappa shape index (κ3) is 5.23. The maximum atomic E-state index is 12.5. The van der Waals surface area contributed by atoms with Crippen molar-refractivity contribution in [3.05, 3.63) is 94.5 Å². The van der Waals surface area contributed by atoms with E-state index in [1.807, 2.05) is 72.8 Å². The fraction of sp³-hybridized carbons (Fsp3) is 0.0833. The number of thiazole rings is 1. The molecule has 0 radical (unpaired) electrons. The maximum absolute atomic E-state index is 12.5. The van der Waals surface area contributed by atoms with Crippen molar-refractivity contribution in [1.29, 1.82) is 0 Å². The highest BCUT2D eigenvalue weighted by molar-refractivity contribution is 7.13. The number of carbonyl (C=O) groups excluding carboxylic acids is 1. The van der Waals surface area contributed by atoms with Gasteiger partial charge in [-0.2, -0.15) is 0 Å². The number of ether oxygens (including phenoxy) is 2. The van der Waals surface area contributed by atoms with E-state index >= 15 is 0 Å². The molecule has 1 heterocycles. The summed E-state index contributed by atoms with van der Waals surface area (Å²) in [5.41, 5.74) is 2.95. The van der Waals surface area contributed by atoms with Crippen molar-refractivity contribution in [2.45, 2.75) is 6.61 Å². The van der Waals surface area contributed by atoms with Crippen LogP contribution < -0.4 is 14.8 Å². The molecule has 0 aliphatic rings. The highest BCUT2D eigenvalue weighted by Gasteiger charge is 2.14. The van der Waals surface area contributed by atoms with Crippen LogP contribution >= 0.6 is 22.9 Å². The molecule has 1 amide bonds. The largest absolute Gasteiger partial charge is 0.493 e. The standard InChI is InChI=1S/C24H19ClN2O3S/c1-29-22-13-17(9-12-21(22)30-14-16-7-10-18(25)11-8-16)24-27-20(15-31-24)23(28)26-19-5-3-2-4-6-19/h2-13,15H,14H2,1H3,(H,26,28). The zero-order valence-corrected chi connectivity index (χ0v) is 18.2. The van der Waals surface area contributed by atoms with Crippen molar-refractivity contribution in [2.24, 2.45) is 0 Å². The number of carbonyl (C=O) groups is 1. The Morgan fingerprint density at radius 1 is 1.03 bits per heavy atom. The summed E-state index contributed by atoms with van der Waals surface area (Å²) in [6.07, 6.45) is 0. The van der Waals surface area contributed by atoms with Crippen LogP contribution in [0.3, 0.4) is 0 Å². The van der Waals surface area contributed by atoms with Crippen LogP contribution in [0.1, 0.15) is 16.1 Å². The van der Waals surface area contributed by atoms with Gasteiger partial charge in [0.05, 0.1) is 7.11 Å². The molecule has 0 aliphatic carbocycles. The van der Waals surface area contributed by atoms with Gasteiger partial charge in [-0.3, -0.25) is 4.79 Å². The van der Waals surface area contributed by atoms with Crippen LogP contribution in [0.15, 0.2) is 78.2 Å². The Morgan fingerprint density at radius 2 is 1.81 bits per heavy atom. The molecule has 0 atom stereocenters. The van der Waals surface area contributed by atoms with Crippen molar-refractivity contribution in [2.75, 3.05) is 12.4 Å². The van der Waals surface area contributed by atoms with Gasteiger partial charge in [-0.05, 0) is 48.0 Å². The van der Waals surface area contributed by atoms with Crippen molar-refractivity contribution < 1.29 is 14.3 Å². The molecule has 156 valence electrons. The summed E-state index contributed by atoms with van der Waals surface area (Å²) in [6.45, 7) is 0.397. The molecule has 5 nitrogen and oxygen atoms in total. The predicted molar refractivity (Wildman–Crippen MR) is 124 cm³/mol. The third-order valence-corrected chi connectivity index (χ3v) is 5.63. The Labute approximate surface area is 189 Å². The summed E-state index contributed by atoms with van der Waals surface area (Å²) in [7, 11) is 1.59. The van der Waals surface area contributed by atoms with Gasteiger partial charge in [-0.15, -0.1) is 11.3 Å². The fourth-order valence-electron chi connectivity index (χ4n) is 2.89.